The molecule has 0 aliphatic heterocycles. The fraction of sp³-hybridized carbons (Fsp3) is 0. The molecule has 0 amide bonds. The molecule has 0 atom stereocenters. The molecule has 0 saturated heterocycles. The maximum atomic E-state index is 10.6. The van der Waals surface area contributed by atoms with Gasteiger partial charge in [0.25, 0.3) is 0 Å². The zero-order valence-corrected chi connectivity index (χ0v) is 16.0. The number of hydrogen-bond donors (Lipinski definition) is 2. The van der Waals surface area contributed by atoms with Crippen molar-refractivity contribution in [3.8, 4) is 39.5 Å². The van der Waals surface area contributed by atoms with Crippen LogP contribution in [0.2, 0.25) is 0 Å². The van der Waals surface area contributed by atoms with E-state index in [9.17, 15) is 10.2 Å². The lowest BCUT2D eigenvalue weighted by Gasteiger charge is -2.18. The van der Waals surface area contributed by atoms with Crippen LogP contribution in [0.5, 0.6) is 17.2 Å². The predicted octanol–water partition coefficient (Wildman–Crippen LogP) is 4.76. The van der Waals surface area contributed by atoms with Gasteiger partial charge in [0.15, 0.2) is 11.5 Å². The maximum Gasteiger partial charge on any atom is 0.355 e. The number of benzene rings is 4. The molecule has 4 aromatic carbocycles. The minimum absolute atomic E-state index is 0.0708. The van der Waals surface area contributed by atoms with Crippen LogP contribution in [-0.4, -0.2) is 20.0 Å². The number of phenols is 2. The van der Waals surface area contributed by atoms with Crippen molar-refractivity contribution in [2.75, 3.05) is 0 Å². The van der Waals surface area contributed by atoms with E-state index in [1.807, 2.05) is 78.9 Å². The zero-order valence-electron chi connectivity index (χ0n) is 15.0. The highest BCUT2D eigenvalue weighted by molar-refractivity contribution is 6.49. The van der Waals surface area contributed by atoms with Crippen LogP contribution in [0, 0.1) is 0 Å². The summed E-state index contributed by atoms with van der Waals surface area (Å²) in [5.41, 5.74) is 3.79. The second kappa shape index (κ2) is 8.02. The van der Waals surface area contributed by atoms with Gasteiger partial charge in [-0.2, -0.15) is 0 Å². The number of hydrogen-bond acceptors (Lipinski definition) is 3. The van der Waals surface area contributed by atoms with Gasteiger partial charge in [-0.25, -0.2) is 0 Å². The van der Waals surface area contributed by atoms with Crippen LogP contribution in [-0.2, 0) is 0 Å². The van der Waals surface area contributed by atoms with E-state index in [1.54, 1.807) is 18.2 Å². The van der Waals surface area contributed by atoms with E-state index in [4.69, 9.17) is 4.43 Å². The summed E-state index contributed by atoms with van der Waals surface area (Å²) in [5.74, 6) is 0.663. The molecule has 28 heavy (non-hydrogen) atoms. The van der Waals surface area contributed by atoms with Crippen molar-refractivity contribution in [1.82, 2.24) is 0 Å². The van der Waals surface area contributed by atoms with Crippen molar-refractivity contribution >= 4 is 14.9 Å². The van der Waals surface area contributed by atoms with E-state index in [-0.39, 0.29) is 21.3 Å². The Bertz CT molecular complexity index is 1080. The molecule has 0 heterocycles. The minimum Gasteiger partial charge on any atom is -0.533 e. The zero-order chi connectivity index (χ0) is 19.3. The van der Waals surface area contributed by atoms with Gasteiger partial charge in [-0.3, -0.25) is 0 Å². The normalized spacial score (nSPS) is 10.6. The van der Waals surface area contributed by atoms with Crippen LogP contribution in [0.4, 0.5) is 0 Å². The molecule has 0 spiro atoms. The maximum absolute atomic E-state index is 10.6. The Kier molecular flexibility index (Phi) is 5.13. The number of rotatable bonds is 5. The number of phenolic OH excluding ortho intramolecular Hbond substituents is 2. The molecule has 0 aromatic heterocycles. The van der Waals surface area contributed by atoms with Gasteiger partial charge in [0.1, 0.15) is 5.75 Å². The first-order chi connectivity index (χ1) is 13.7. The molecule has 2 radical (unpaired) electrons. The highest BCUT2D eigenvalue weighted by Gasteiger charge is 2.18. The van der Waals surface area contributed by atoms with Crippen molar-refractivity contribution in [3.05, 3.63) is 97.1 Å². The van der Waals surface area contributed by atoms with Crippen LogP contribution >= 0.6 is 0 Å². The van der Waals surface area contributed by atoms with Crippen LogP contribution in [0.3, 0.4) is 0 Å². The van der Waals surface area contributed by atoms with Crippen LogP contribution in [0.25, 0.3) is 22.3 Å². The third-order valence-corrected chi connectivity index (χ3v) is 5.40. The van der Waals surface area contributed by atoms with Gasteiger partial charge in [0.05, 0.1) is 0 Å². The molecular weight excluding hydrogens is 364 g/mol. The third kappa shape index (κ3) is 3.63. The molecule has 0 aliphatic carbocycles. The molecule has 2 N–H and O–H groups in total. The quantitative estimate of drug-likeness (QED) is 0.490. The Labute approximate surface area is 166 Å². The highest BCUT2D eigenvalue weighted by atomic mass is 28.2. The Balaban J connectivity index is 1.84. The first kappa shape index (κ1) is 17.9. The van der Waals surface area contributed by atoms with E-state index in [0.29, 0.717) is 10.9 Å². The fourth-order valence-corrected chi connectivity index (χ4v) is 3.86. The minimum atomic E-state index is -0.138. The first-order valence-electron chi connectivity index (χ1n) is 8.91. The van der Waals surface area contributed by atoms with Gasteiger partial charge < -0.3 is 14.6 Å². The van der Waals surface area contributed by atoms with Gasteiger partial charge in [0, 0.05) is 10.8 Å². The molecule has 0 bridgehead atoms. The molecule has 0 saturated carbocycles. The summed E-state index contributed by atoms with van der Waals surface area (Å²) in [4.78, 5) is 0. The molecule has 3 nitrogen and oxygen atoms in total. The molecule has 0 unspecified atom stereocenters. The molecule has 4 heteroatoms. The van der Waals surface area contributed by atoms with E-state index < -0.39 is 0 Å². The molecule has 0 aliphatic rings. The second-order valence-electron chi connectivity index (χ2n) is 6.29. The summed E-state index contributed by atoms with van der Waals surface area (Å²) in [5, 5.41) is 21.3. The van der Waals surface area contributed by atoms with Crippen LogP contribution in [0.1, 0.15) is 0 Å². The predicted molar refractivity (Wildman–Crippen MR) is 113 cm³/mol. The molecule has 136 valence electrons. The van der Waals surface area contributed by atoms with E-state index >= 15 is 0 Å². The topological polar surface area (TPSA) is 49.7 Å². The monoisotopic (exact) mass is 382 g/mol. The molecular formula is C24H18O3Si. The Morgan fingerprint density at radius 2 is 1.18 bits per heavy atom. The summed E-state index contributed by atoms with van der Waals surface area (Å²) >= 11 is 0. The Morgan fingerprint density at radius 1 is 0.571 bits per heavy atom. The average molecular weight is 382 g/mol. The van der Waals surface area contributed by atoms with Gasteiger partial charge >= 0.3 is 9.76 Å². The van der Waals surface area contributed by atoms with Crippen molar-refractivity contribution in [3.63, 3.8) is 0 Å². The van der Waals surface area contributed by atoms with Crippen molar-refractivity contribution in [2.24, 2.45) is 0 Å². The smallest absolute Gasteiger partial charge is 0.355 e. The lowest BCUT2D eigenvalue weighted by molar-refractivity contribution is 0.444. The lowest BCUT2D eigenvalue weighted by atomic mass is 9.93. The fourth-order valence-electron chi connectivity index (χ4n) is 3.09. The van der Waals surface area contributed by atoms with E-state index in [1.165, 1.54) is 0 Å². The highest BCUT2D eigenvalue weighted by Crippen LogP contribution is 2.44. The largest absolute Gasteiger partial charge is 0.533 e. The summed E-state index contributed by atoms with van der Waals surface area (Å²) in [6, 6.07) is 30.5. The summed E-state index contributed by atoms with van der Waals surface area (Å²) in [6.07, 6.45) is 0. The summed E-state index contributed by atoms with van der Waals surface area (Å²) in [7, 11) is -0.138. The van der Waals surface area contributed by atoms with Crippen LogP contribution in [0.15, 0.2) is 97.1 Å². The number of aromatic hydroxyl groups is 2. The van der Waals surface area contributed by atoms with Gasteiger partial charge in [0.2, 0.25) is 0 Å². The SMILES string of the molecule is Oc1ccccc1[Si]Oc1c(O)ccc(-c2ccccc2)c1-c1ccccc1. The van der Waals surface area contributed by atoms with E-state index in [0.717, 1.165) is 22.3 Å². The van der Waals surface area contributed by atoms with Crippen molar-refractivity contribution in [1.29, 1.82) is 0 Å². The van der Waals surface area contributed by atoms with Crippen LogP contribution < -0.4 is 9.61 Å². The number of para-hydroxylation sites is 1. The van der Waals surface area contributed by atoms with Crippen molar-refractivity contribution in [2.45, 2.75) is 0 Å². The van der Waals surface area contributed by atoms with Gasteiger partial charge in [-0.05, 0) is 34.9 Å². The van der Waals surface area contributed by atoms with E-state index in [2.05, 4.69) is 0 Å². The Morgan fingerprint density at radius 3 is 1.86 bits per heavy atom. The Hall–Kier alpha value is -3.50. The summed E-state index contributed by atoms with van der Waals surface area (Å²) in [6.45, 7) is 0. The standard InChI is InChI=1S/C24H18O3Si/c25-20-13-7-8-14-22(20)28-27-24-21(26)16-15-19(17-9-3-1-4-10-17)23(24)18-11-5-2-6-12-18/h1-16,25-26H. The van der Waals surface area contributed by atoms with Gasteiger partial charge in [-0.15, -0.1) is 0 Å². The molecule has 0 fully saturated rings. The third-order valence-electron chi connectivity index (χ3n) is 4.45. The molecule has 4 rings (SSSR count). The molecule has 4 aromatic rings. The lowest BCUT2D eigenvalue weighted by Crippen LogP contribution is -2.20. The second-order valence-corrected chi connectivity index (χ2v) is 7.24. The summed E-state index contributed by atoms with van der Waals surface area (Å²) < 4.78 is 6.07. The first-order valence-corrected chi connectivity index (χ1v) is 9.82. The average Bonchev–Trinajstić information content (AvgIpc) is 2.75. The van der Waals surface area contributed by atoms with Crippen molar-refractivity contribution < 1.29 is 14.6 Å². The van der Waals surface area contributed by atoms with Gasteiger partial charge in [-0.1, -0.05) is 78.9 Å².